The van der Waals surface area contributed by atoms with Gasteiger partial charge in [-0.2, -0.15) is 11.8 Å². The maximum absolute atomic E-state index is 10.7. The smallest absolute Gasteiger partial charge is 0.330 e. The molecular weight excluding hydrogens is 166 g/mol. The third-order valence-electron chi connectivity index (χ3n) is 0.858. The fourth-order valence-corrected chi connectivity index (χ4v) is 0.778. The standard InChI is InChI=1S/C5H11N3O2S/c1-11-3-2-4(9)7-8-5(6)10/h2-3H2,1H3,(H,7,9)(H3,6,8,10). The molecule has 0 aromatic carbocycles. The van der Waals surface area contributed by atoms with Crippen LogP contribution < -0.4 is 16.6 Å². The molecule has 0 saturated carbocycles. The van der Waals surface area contributed by atoms with Crippen LogP contribution in [0.2, 0.25) is 0 Å². The number of rotatable bonds is 3. The molecule has 0 aromatic rings. The van der Waals surface area contributed by atoms with Crippen molar-refractivity contribution >= 4 is 23.7 Å². The van der Waals surface area contributed by atoms with Crippen molar-refractivity contribution in [1.82, 2.24) is 10.9 Å². The van der Waals surface area contributed by atoms with Crippen molar-refractivity contribution in [2.24, 2.45) is 5.73 Å². The molecular formula is C5H11N3O2S. The van der Waals surface area contributed by atoms with E-state index in [0.717, 1.165) is 5.75 Å². The largest absolute Gasteiger partial charge is 0.350 e. The number of hydrogen-bond donors (Lipinski definition) is 3. The molecule has 3 amide bonds. The molecule has 0 aliphatic carbocycles. The van der Waals surface area contributed by atoms with Crippen LogP contribution in [0.15, 0.2) is 0 Å². The Morgan fingerprint density at radius 1 is 1.45 bits per heavy atom. The Morgan fingerprint density at radius 2 is 2.09 bits per heavy atom. The van der Waals surface area contributed by atoms with Crippen LogP contribution in [0.5, 0.6) is 0 Å². The van der Waals surface area contributed by atoms with Gasteiger partial charge in [-0.1, -0.05) is 0 Å². The molecule has 0 aromatic heterocycles. The summed E-state index contributed by atoms with van der Waals surface area (Å²) in [6.45, 7) is 0. The van der Waals surface area contributed by atoms with Crippen molar-refractivity contribution in [3.63, 3.8) is 0 Å². The number of carbonyl (C=O) groups excluding carboxylic acids is 2. The first-order chi connectivity index (χ1) is 5.16. The summed E-state index contributed by atoms with van der Waals surface area (Å²) in [7, 11) is 0. The molecule has 5 nitrogen and oxygen atoms in total. The Hall–Kier alpha value is -0.910. The summed E-state index contributed by atoms with van der Waals surface area (Å²) in [5.41, 5.74) is 8.82. The van der Waals surface area contributed by atoms with Gasteiger partial charge in [0.05, 0.1) is 0 Å². The zero-order chi connectivity index (χ0) is 8.69. The van der Waals surface area contributed by atoms with E-state index < -0.39 is 6.03 Å². The Kier molecular flexibility index (Phi) is 5.36. The Balaban J connectivity index is 3.30. The number of hydrazine groups is 1. The van der Waals surface area contributed by atoms with Crippen LogP contribution in [0.1, 0.15) is 6.42 Å². The fraction of sp³-hybridized carbons (Fsp3) is 0.600. The lowest BCUT2D eigenvalue weighted by atomic mass is 10.5. The van der Waals surface area contributed by atoms with Gasteiger partial charge >= 0.3 is 6.03 Å². The maximum atomic E-state index is 10.7. The van der Waals surface area contributed by atoms with Crippen molar-refractivity contribution < 1.29 is 9.59 Å². The third-order valence-corrected chi connectivity index (χ3v) is 1.47. The van der Waals surface area contributed by atoms with Crippen molar-refractivity contribution in [2.75, 3.05) is 12.0 Å². The second kappa shape index (κ2) is 5.84. The number of urea groups is 1. The molecule has 0 bridgehead atoms. The van der Waals surface area contributed by atoms with Gasteiger partial charge in [0.2, 0.25) is 5.91 Å². The topological polar surface area (TPSA) is 84.2 Å². The molecule has 11 heavy (non-hydrogen) atoms. The molecule has 6 heteroatoms. The number of nitrogens with one attached hydrogen (secondary N) is 2. The van der Waals surface area contributed by atoms with Crippen LogP contribution in [0.25, 0.3) is 0 Å². The van der Waals surface area contributed by atoms with E-state index in [1.165, 1.54) is 0 Å². The average Bonchev–Trinajstić information content (AvgIpc) is 1.97. The van der Waals surface area contributed by atoms with E-state index in [2.05, 4.69) is 5.43 Å². The minimum atomic E-state index is -0.762. The zero-order valence-corrected chi connectivity index (χ0v) is 7.03. The molecule has 0 rings (SSSR count). The van der Waals surface area contributed by atoms with Gasteiger partial charge in [0.15, 0.2) is 0 Å². The molecule has 4 N–H and O–H groups in total. The van der Waals surface area contributed by atoms with Crippen LogP contribution in [0.3, 0.4) is 0 Å². The predicted octanol–water partition coefficient (Wildman–Crippen LogP) is -0.561. The van der Waals surface area contributed by atoms with Crippen molar-refractivity contribution in [3.05, 3.63) is 0 Å². The highest BCUT2D eigenvalue weighted by Gasteiger charge is 1.99. The summed E-state index contributed by atoms with van der Waals surface area (Å²) < 4.78 is 0. The first kappa shape index (κ1) is 10.1. The summed E-state index contributed by atoms with van der Waals surface area (Å²) in [6, 6.07) is -0.762. The van der Waals surface area contributed by atoms with E-state index >= 15 is 0 Å². The average molecular weight is 177 g/mol. The van der Waals surface area contributed by atoms with Gasteiger partial charge in [-0.05, 0) is 6.26 Å². The first-order valence-electron chi connectivity index (χ1n) is 3.00. The molecule has 0 unspecified atom stereocenters. The van der Waals surface area contributed by atoms with E-state index in [-0.39, 0.29) is 5.91 Å². The van der Waals surface area contributed by atoms with Crippen molar-refractivity contribution in [1.29, 1.82) is 0 Å². The molecule has 0 fully saturated rings. The molecule has 0 aliphatic rings. The molecule has 0 saturated heterocycles. The summed E-state index contributed by atoms with van der Waals surface area (Å²) in [4.78, 5) is 20.8. The van der Waals surface area contributed by atoms with E-state index in [1.54, 1.807) is 11.8 Å². The molecule has 0 aliphatic heterocycles. The van der Waals surface area contributed by atoms with Crippen LogP contribution in [-0.2, 0) is 4.79 Å². The Labute approximate surface area is 69.1 Å². The number of amides is 3. The van der Waals surface area contributed by atoms with Crippen LogP contribution in [0, 0.1) is 0 Å². The van der Waals surface area contributed by atoms with Gasteiger partial charge in [0.25, 0.3) is 0 Å². The van der Waals surface area contributed by atoms with Crippen molar-refractivity contribution in [3.8, 4) is 0 Å². The van der Waals surface area contributed by atoms with Gasteiger partial charge in [0, 0.05) is 12.2 Å². The van der Waals surface area contributed by atoms with Gasteiger partial charge in [0.1, 0.15) is 0 Å². The second-order valence-electron chi connectivity index (χ2n) is 1.78. The third kappa shape index (κ3) is 6.98. The van der Waals surface area contributed by atoms with Crippen LogP contribution in [0.4, 0.5) is 4.79 Å². The van der Waals surface area contributed by atoms with Gasteiger partial charge < -0.3 is 5.73 Å². The van der Waals surface area contributed by atoms with E-state index in [0.29, 0.717) is 6.42 Å². The molecule has 0 heterocycles. The van der Waals surface area contributed by atoms with Crippen LogP contribution in [-0.4, -0.2) is 23.9 Å². The summed E-state index contributed by atoms with van der Waals surface area (Å²) in [6.07, 6.45) is 2.27. The number of hydrogen-bond acceptors (Lipinski definition) is 3. The maximum Gasteiger partial charge on any atom is 0.330 e. The van der Waals surface area contributed by atoms with E-state index in [9.17, 15) is 9.59 Å². The van der Waals surface area contributed by atoms with E-state index in [4.69, 9.17) is 5.73 Å². The second-order valence-corrected chi connectivity index (χ2v) is 2.77. The lowest BCUT2D eigenvalue weighted by Gasteiger charge is -2.02. The molecule has 0 spiro atoms. The van der Waals surface area contributed by atoms with E-state index in [1.807, 2.05) is 11.7 Å². The lowest BCUT2D eigenvalue weighted by molar-refractivity contribution is -0.121. The molecule has 0 atom stereocenters. The monoisotopic (exact) mass is 177 g/mol. The quantitative estimate of drug-likeness (QED) is 0.505. The summed E-state index contributed by atoms with van der Waals surface area (Å²) in [5, 5.41) is 0. The lowest BCUT2D eigenvalue weighted by Crippen LogP contribution is -2.44. The minimum absolute atomic E-state index is 0.238. The first-order valence-corrected chi connectivity index (χ1v) is 4.39. The van der Waals surface area contributed by atoms with Gasteiger partial charge in [-0.3, -0.25) is 10.2 Å². The molecule has 64 valence electrons. The van der Waals surface area contributed by atoms with Gasteiger partial charge in [-0.15, -0.1) is 0 Å². The normalized spacial score (nSPS) is 8.82. The van der Waals surface area contributed by atoms with Crippen LogP contribution >= 0.6 is 11.8 Å². The van der Waals surface area contributed by atoms with Crippen molar-refractivity contribution in [2.45, 2.75) is 6.42 Å². The number of primary amides is 1. The number of carbonyl (C=O) groups is 2. The number of thioether (sulfide) groups is 1. The fourth-order valence-electron chi connectivity index (χ4n) is 0.389. The highest BCUT2D eigenvalue weighted by Crippen LogP contribution is 1.93. The Morgan fingerprint density at radius 3 is 2.55 bits per heavy atom. The summed E-state index contributed by atoms with van der Waals surface area (Å²) >= 11 is 1.56. The predicted molar refractivity (Wildman–Crippen MR) is 43.9 cm³/mol. The minimum Gasteiger partial charge on any atom is -0.350 e. The zero-order valence-electron chi connectivity index (χ0n) is 6.22. The highest BCUT2D eigenvalue weighted by atomic mass is 32.2. The Bertz CT molecular complexity index is 151. The van der Waals surface area contributed by atoms with Gasteiger partial charge in [-0.25, -0.2) is 10.2 Å². The SMILES string of the molecule is CSCCC(=O)NNC(N)=O. The highest BCUT2D eigenvalue weighted by molar-refractivity contribution is 7.98. The number of nitrogens with two attached hydrogens (primary N) is 1. The molecule has 0 radical (unpaired) electrons. The summed E-state index contributed by atoms with van der Waals surface area (Å²) in [5.74, 6) is 0.491.